The van der Waals surface area contributed by atoms with E-state index in [2.05, 4.69) is 6.92 Å². The van der Waals surface area contributed by atoms with Crippen LogP contribution in [0.25, 0.3) is 0 Å². The molecule has 0 radical (unpaired) electrons. The molecule has 1 heterocycles. The highest BCUT2D eigenvalue weighted by atomic mass is 16.5. The minimum atomic E-state index is -1.16. The number of nitrogens with zero attached hydrogens (tertiary/aromatic N) is 1. The monoisotopic (exact) mass is 228 g/mol. The Morgan fingerprint density at radius 1 is 1.56 bits per heavy atom. The zero-order valence-corrected chi connectivity index (χ0v) is 9.94. The lowest BCUT2D eigenvalue weighted by Crippen LogP contribution is -2.51. The number of piperidine rings is 1. The molecule has 2 atom stereocenters. The van der Waals surface area contributed by atoms with Crippen LogP contribution in [0.4, 0.5) is 0 Å². The number of nitrogens with two attached hydrogens (primary N) is 1. The molecule has 0 aromatic carbocycles. The first-order valence-electron chi connectivity index (χ1n) is 5.77. The SMILES string of the molecule is CCOC(=O)C(N)C(=O)N1CCCC(C)C1. The van der Waals surface area contributed by atoms with Gasteiger partial charge in [-0.25, -0.2) is 4.79 Å². The van der Waals surface area contributed by atoms with E-state index in [0.29, 0.717) is 19.0 Å². The summed E-state index contributed by atoms with van der Waals surface area (Å²) in [6.45, 7) is 5.41. The van der Waals surface area contributed by atoms with Crippen LogP contribution < -0.4 is 5.73 Å². The third-order valence-corrected chi connectivity index (χ3v) is 2.78. The van der Waals surface area contributed by atoms with Crippen LogP contribution in [0.3, 0.4) is 0 Å². The van der Waals surface area contributed by atoms with Crippen LogP contribution in [0.15, 0.2) is 0 Å². The minimum absolute atomic E-state index is 0.246. The Hall–Kier alpha value is -1.10. The van der Waals surface area contributed by atoms with E-state index in [1.165, 1.54) is 0 Å². The quantitative estimate of drug-likeness (QED) is 0.550. The van der Waals surface area contributed by atoms with Crippen molar-refractivity contribution in [3.63, 3.8) is 0 Å². The van der Waals surface area contributed by atoms with Crippen LogP contribution in [0, 0.1) is 5.92 Å². The number of carbonyl (C=O) groups excluding carboxylic acids is 2. The molecule has 1 rings (SSSR count). The van der Waals surface area contributed by atoms with E-state index in [4.69, 9.17) is 10.5 Å². The molecule has 16 heavy (non-hydrogen) atoms. The Morgan fingerprint density at radius 2 is 2.25 bits per heavy atom. The second kappa shape index (κ2) is 5.84. The highest BCUT2D eigenvalue weighted by molar-refractivity contribution is 6.01. The van der Waals surface area contributed by atoms with Gasteiger partial charge in [-0.1, -0.05) is 6.92 Å². The summed E-state index contributed by atoms with van der Waals surface area (Å²) in [6, 6.07) is -1.16. The zero-order valence-electron chi connectivity index (χ0n) is 9.94. The molecule has 5 heteroatoms. The second-order valence-electron chi connectivity index (χ2n) is 4.26. The van der Waals surface area contributed by atoms with Gasteiger partial charge >= 0.3 is 5.97 Å². The molecule has 0 aliphatic carbocycles. The van der Waals surface area contributed by atoms with Crippen LogP contribution in [0.1, 0.15) is 26.7 Å². The number of esters is 1. The molecule has 0 saturated carbocycles. The van der Waals surface area contributed by atoms with Gasteiger partial charge in [0.2, 0.25) is 0 Å². The molecule has 2 N–H and O–H groups in total. The topological polar surface area (TPSA) is 72.6 Å². The largest absolute Gasteiger partial charge is 0.464 e. The fourth-order valence-corrected chi connectivity index (χ4v) is 1.92. The van der Waals surface area contributed by atoms with Gasteiger partial charge < -0.3 is 15.4 Å². The lowest BCUT2D eigenvalue weighted by Gasteiger charge is -2.32. The highest BCUT2D eigenvalue weighted by Crippen LogP contribution is 2.16. The van der Waals surface area contributed by atoms with Crippen molar-refractivity contribution < 1.29 is 14.3 Å². The Labute approximate surface area is 95.9 Å². The maximum atomic E-state index is 11.9. The van der Waals surface area contributed by atoms with Crippen molar-refractivity contribution in [1.82, 2.24) is 4.90 Å². The zero-order chi connectivity index (χ0) is 12.1. The average molecular weight is 228 g/mol. The first kappa shape index (κ1) is 13.0. The summed E-state index contributed by atoms with van der Waals surface area (Å²) < 4.78 is 4.73. The van der Waals surface area contributed by atoms with Crippen molar-refractivity contribution in [3.05, 3.63) is 0 Å². The van der Waals surface area contributed by atoms with Gasteiger partial charge in [0, 0.05) is 13.1 Å². The van der Waals surface area contributed by atoms with Crippen molar-refractivity contribution in [2.75, 3.05) is 19.7 Å². The van der Waals surface area contributed by atoms with Gasteiger partial charge in [-0.15, -0.1) is 0 Å². The summed E-state index contributed by atoms with van der Waals surface area (Å²) >= 11 is 0. The van der Waals surface area contributed by atoms with Crippen molar-refractivity contribution in [3.8, 4) is 0 Å². The van der Waals surface area contributed by atoms with E-state index in [1.54, 1.807) is 11.8 Å². The summed E-state index contributed by atoms with van der Waals surface area (Å²) in [4.78, 5) is 24.8. The molecule has 1 saturated heterocycles. The average Bonchev–Trinajstić information content (AvgIpc) is 2.27. The Kier molecular flexibility index (Phi) is 4.73. The second-order valence-corrected chi connectivity index (χ2v) is 4.26. The molecular formula is C11H20N2O3. The van der Waals surface area contributed by atoms with Gasteiger partial charge in [0.15, 0.2) is 6.04 Å². The summed E-state index contributed by atoms with van der Waals surface area (Å²) in [5, 5.41) is 0. The van der Waals surface area contributed by atoms with Gasteiger partial charge in [-0.3, -0.25) is 4.79 Å². The van der Waals surface area contributed by atoms with Crippen molar-refractivity contribution in [1.29, 1.82) is 0 Å². The van der Waals surface area contributed by atoms with Crippen molar-refractivity contribution >= 4 is 11.9 Å². The fraction of sp³-hybridized carbons (Fsp3) is 0.818. The molecule has 0 aromatic rings. The number of hydrogen-bond acceptors (Lipinski definition) is 4. The van der Waals surface area contributed by atoms with Crippen LogP contribution in [-0.2, 0) is 14.3 Å². The third kappa shape index (κ3) is 3.20. The fourth-order valence-electron chi connectivity index (χ4n) is 1.92. The van der Waals surface area contributed by atoms with Crippen LogP contribution in [-0.4, -0.2) is 42.5 Å². The number of hydrogen-bond donors (Lipinski definition) is 1. The van der Waals surface area contributed by atoms with Crippen molar-refractivity contribution in [2.24, 2.45) is 11.7 Å². The molecular weight excluding hydrogens is 208 g/mol. The molecule has 92 valence electrons. The van der Waals surface area contributed by atoms with E-state index >= 15 is 0 Å². The predicted octanol–water partition coefficient (Wildman–Crippen LogP) is 0.135. The summed E-state index contributed by atoms with van der Waals surface area (Å²) in [5.74, 6) is -0.470. The smallest absolute Gasteiger partial charge is 0.332 e. The normalized spacial score (nSPS) is 22.7. The van der Waals surface area contributed by atoms with Crippen molar-refractivity contribution in [2.45, 2.75) is 32.7 Å². The van der Waals surface area contributed by atoms with Crippen LogP contribution in [0.2, 0.25) is 0 Å². The van der Waals surface area contributed by atoms with Gasteiger partial charge in [0.1, 0.15) is 0 Å². The first-order chi connectivity index (χ1) is 7.56. The number of amides is 1. The van der Waals surface area contributed by atoms with E-state index in [0.717, 1.165) is 12.8 Å². The molecule has 0 bridgehead atoms. The molecule has 5 nitrogen and oxygen atoms in total. The Balaban J connectivity index is 2.52. The van der Waals surface area contributed by atoms with E-state index in [-0.39, 0.29) is 12.5 Å². The number of likely N-dealkylation sites (tertiary alicyclic amines) is 1. The number of carbonyl (C=O) groups is 2. The maximum Gasteiger partial charge on any atom is 0.332 e. The standard InChI is InChI=1S/C11H20N2O3/c1-3-16-11(15)9(12)10(14)13-6-4-5-8(2)7-13/h8-9H,3-7,12H2,1-2H3. The molecule has 1 aliphatic heterocycles. The predicted molar refractivity (Wildman–Crippen MR) is 59.6 cm³/mol. The van der Waals surface area contributed by atoms with Gasteiger partial charge in [0.25, 0.3) is 5.91 Å². The molecule has 1 fully saturated rings. The third-order valence-electron chi connectivity index (χ3n) is 2.78. The highest BCUT2D eigenvalue weighted by Gasteiger charge is 2.30. The summed E-state index contributed by atoms with van der Waals surface area (Å²) in [7, 11) is 0. The van der Waals surface area contributed by atoms with Gasteiger partial charge in [0.05, 0.1) is 6.61 Å². The first-order valence-corrected chi connectivity index (χ1v) is 5.77. The van der Waals surface area contributed by atoms with Gasteiger partial charge in [-0.05, 0) is 25.7 Å². The summed E-state index contributed by atoms with van der Waals surface area (Å²) in [5.41, 5.74) is 5.56. The van der Waals surface area contributed by atoms with E-state index < -0.39 is 12.0 Å². The maximum absolute atomic E-state index is 11.9. The van der Waals surface area contributed by atoms with Crippen LogP contribution >= 0.6 is 0 Å². The molecule has 0 aromatic heterocycles. The van der Waals surface area contributed by atoms with E-state index in [1.807, 2.05) is 0 Å². The summed E-state index contributed by atoms with van der Waals surface area (Å²) in [6.07, 6.45) is 2.10. The molecule has 1 amide bonds. The lowest BCUT2D eigenvalue weighted by molar-refractivity contribution is -0.151. The lowest BCUT2D eigenvalue weighted by atomic mass is 10.00. The van der Waals surface area contributed by atoms with Crippen LogP contribution in [0.5, 0.6) is 0 Å². The van der Waals surface area contributed by atoms with Gasteiger partial charge in [-0.2, -0.15) is 0 Å². The number of ether oxygens (including phenoxy) is 1. The Morgan fingerprint density at radius 3 is 2.81 bits per heavy atom. The van der Waals surface area contributed by atoms with E-state index in [9.17, 15) is 9.59 Å². The number of rotatable bonds is 3. The molecule has 1 aliphatic rings. The molecule has 2 unspecified atom stereocenters. The molecule has 0 spiro atoms. The minimum Gasteiger partial charge on any atom is -0.464 e. The Bertz CT molecular complexity index is 268.